The molecule has 4 N–H and O–H groups in total. The summed E-state index contributed by atoms with van der Waals surface area (Å²) >= 11 is 0. The number of imidazole rings is 1. The quantitative estimate of drug-likeness (QED) is 0.505. The van der Waals surface area contributed by atoms with Crippen molar-refractivity contribution in [1.29, 1.82) is 0 Å². The number of carbonyl (C=O) groups excluding carboxylic acids is 2. The van der Waals surface area contributed by atoms with Gasteiger partial charge in [-0.05, 0) is 30.2 Å². The van der Waals surface area contributed by atoms with Crippen molar-refractivity contribution in [3.05, 3.63) is 60.4 Å². The second-order valence-corrected chi connectivity index (χ2v) is 6.93. The molecule has 146 valence electrons. The molecule has 0 spiro atoms. The van der Waals surface area contributed by atoms with Crippen molar-refractivity contribution in [3.63, 3.8) is 0 Å². The van der Waals surface area contributed by atoms with Crippen LogP contribution in [0.25, 0.3) is 11.0 Å². The van der Waals surface area contributed by atoms with Gasteiger partial charge in [-0.3, -0.25) is 4.79 Å². The number of amides is 3. The van der Waals surface area contributed by atoms with E-state index < -0.39 is 0 Å². The maximum absolute atomic E-state index is 12.4. The molecule has 28 heavy (non-hydrogen) atoms. The summed E-state index contributed by atoms with van der Waals surface area (Å²) in [6.07, 6.45) is 0.186. The number of hydrogen-bond acceptors (Lipinski definition) is 3. The Morgan fingerprint density at radius 3 is 2.46 bits per heavy atom. The van der Waals surface area contributed by atoms with Crippen LogP contribution in [0.5, 0.6) is 0 Å². The van der Waals surface area contributed by atoms with Crippen molar-refractivity contribution < 1.29 is 9.59 Å². The fraction of sp³-hybridized carbons (Fsp3) is 0.286. The second-order valence-electron chi connectivity index (χ2n) is 6.93. The van der Waals surface area contributed by atoms with Gasteiger partial charge in [-0.2, -0.15) is 0 Å². The number of hydrogen-bond donors (Lipinski definition) is 4. The highest BCUT2D eigenvalue weighted by molar-refractivity contribution is 5.89. The lowest BCUT2D eigenvalue weighted by molar-refractivity contribution is -0.122. The largest absolute Gasteiger partial charge is 0.346 e. The molecule has 0 unspecified atom stereocenters. The van der Waals surface area contributed by atoms with Crippen molar-refractivity contribution in [2.45, 2.75) is 26.3 Å². The monoisotopic (exact) mass is 379 g/mol. The maximum atomic E-state index is 12.4. The van der Waals surface area contributed by atoms with Crippen molar-refractivity contribution in [2.24, 2.45) is 5.92 Å². The Morgan fingerprint density at radius 2 is 1.75 bits per heavy atom. The van der Waals surface area contributed by atoms with E-state index in [1.54, 1.807) is 12.1 Å². The molecule has 0 radical (unpaired) electrons. The van der Waals surface area contributed by atoms with Crippen LogP contribution in [0.3, 0.4) is 0 Å². The Morgan fingerprint density at radius 1 is 1.04 bits per heavy atom. The van der Waals surface area contributed by atoms with Gasteiger partial charge < -0.3 is 20.9 Å². The molecule has 1 aromatic heterocycles. The normalized spacial score (nSPS) is 12.0. The van der Waals surface area contributed by atoms with Crippen LogP contribution in [0.1, 0.15) is 32.1 Å². The van der Waals surface area contributed by atoms with E-state index in [-0.39, 0.29) is 36.9 Å². The average Bonchev–Trinajstić information content (AvgIpc) is 3.10. The van der Waals surface area contributed by atoms with Crippen molar-refractivity contribution in [3.8, 4) is 0 Å². The van der Waals surface area contributed by atoms with Gasteiger partial charge in [-0.1, -0.05) is 44.2 Å². The molecule has 3 amide bonds. The van der Waals surface area contributed by atoms with E-state index in [9.17, 15) is 9.59 Å². The van der Waals surface area contributed by atoms with Crippen LogP contribution in [-0.4, -0.2) is 28.5 Å². The van der Waals surface area contributed by atoms with Crippen molar-refractivity contribution in [1.82, 2.24) is 20.6 Å². The van der Waals surface area contributed by atoms with Crippen LogP contribution in [0, 0.1) is 5.92 Å². The van der Waals surface area contributed by atoms with Gasteiger partial charge >= 0.3 is 6.03 Å². The molecule has 0 aliphatic rings. The van der Waals surface area contributed by atoms with Gasteiger partial charge in [0, 0.05) is 18.7 Å². The van der Waals surface area contributed by atoms with Gasteiger partial charge in [0.25, 0.3) is 0 Å². The lowest BCUT2D eigenvalue weighted by atomic mass is 10.0. The number of nitrogens with one attached hydrogen (secondary N) is 4. The van der Waals surface area contributed by atoms with E-state index in [2.05, 4.69) is 25.9 Å². The van der Waals surface area contributed by atoms with Gasteiger partial charge in [0.15, 0.2) is 0 Å². The minimum atomic E-state index is -0.336. The van der Waals surface area contributed by atoms with Gasteiger partial charge in [0.2, 0.25) is 5.91 Å². The molecule has 0 bridgehead atoms. The number of fused-ring (bicyclic) bond motifs is 1. The lowest BCUT2D eigenvalue weighted by Gasteiger charge is -2.20. The van der Waals surface area contributed by atoms with Crippen LogP contribution in [0.4, 0.5) is 10.5 Å². The molecule has 0 aliphatic heterocycles. The molecule has 3 aromatic rings. The summed E-state index contributed by atoms with van der Waals surface area (Å²) in [6, 6.07) is 16.4. The van der Waals surface area contributed by atoms with Crippen molar-refractivity contribution in [2.75, 3.05) is 11.9 Å². The number of rotatable bonds is 7. The van der Waals surface area contributed by atoms with E-state index in [0.29, 0.717) is 5.69 Å². The lowest BCUT2D eigenvalue weighted by Crippen LogP contribution is -2.36. The van der Waals surface area contributed by atoms with Crippen LogP contribution in [-0.2, 0) is 4.79 Å². The topological polar surface area (TPSA) is 98.9 Å². The first kappa shape index (κ1) is 19.4. The predicted molar refractivity (Wildman–Crippen MR) is 110 cm³/mol. The first-order chi connectivity index (χ1) is 13.5. The first-order valence-corrected chi connectivity index (χ1v) is 9.37. The summed E-state index contributed by atoms with van der Waals surface area (Å²) in [7, 11) is 0. The number of H-pyrrole nitrogens is 1. The number of nitrogens with zero attached hydrogens (tertiary/aromatic N) is 1. The molecule has 3 rings (SSSR count). The first-order valence-electron chi connectivity index (χ1n) is 9.37. The number of aromatic nitrogens is 2. The van der Waals surface area contributed by atoms with Crippen LogP contribution >= 0.6 is 0 Å². The predicted octanol–water partition coefficient (Wildman–Crippen LogP) is 3.59. The number of anilines is 1. The number of benzene rings is 2. The minimum absolute atomic E-state index is 0.140. The molecule has 0 aliphatic carbocycles. The Hall–Kier alpha value is -3.35. The molecule has 0 saturated carbocycles. The maximum Gasteiger partial charge on any atom is 0.319 e. The van der Waals surface area contributed by atoms with E-state index >= 15 is 0 Å². The highest BCUT2D eigenvalue weighted by Crippen LogP contribution is 2.22. The fourth-order valence-electron chi connectivity index (χ4n) is 2.90. The summed E-state index contributed by atoms with van der Waals surface area (Å²) in [4.78, 5) is 32.1. The molecule has 1 heterocycles. The third kappa shape index (κ3) is 5.09. The van der Waals surface area contributed by atoms with E-state index in [1.807, 2.05) is 56.3 Å². The summed E-state index contributed by atoms with van der Waals surface area (Å²) in [5.74, 6) is 0.761. The number of para-hydroxylation sites is 3. The molecule has 2 aromatic carbocycles. The Kier molecular flexibility index (Phi) is 6.26. The van der Waals surface area contributed by atoms with E-state index in [0.717, 1.165) is 16.9 Å². The third-order valence-corrected chi connectivity index (χ3v) is 4.35. The molecular formula is C21H25N5O2. The van der Waals surface area contributed by atoms with Gasteiger partial charge in [0.05, 0.1) is 17.1 Å². The molecule has 0 saturated heterocycles. The second kappa shape index (κ2) is 9.03. The zero-order valence-electron chi connectivity index (χ0n) is 16.0. The van der Waals surface area contributed by atoms with Crippen molar-refractivity contribution >= 4 is 28.7 Å². The van der Waals surface area contributed by atoms with Crippen LogP contribution in [0.2, 0.25) is 0 Å². The summed E-state index contributed by atoms with van der Waals surface area (Å²) in [5.41, 5.74) is 2.52. The number of urea groups is 1. The smallest absolute Gasteiger partial charge is 0.319 e. The molecule has 0 fully saturated rings. The molecular weight excluding hydrogens is 354 g/mol. The van der Waals surface area contributed by atoms with Crippen LogP contribution in [0.15, 0.2) is 54.6 Å². The van der Waals surface area contributed by atoms with Crippen LogP contribution < -0.4 is 16.0 Å². The number of carbonyl (C=O) groups is 2. The molecule has 1 atom stereocenters. The Balaban J connectivity index is 1.51. The van der Waals surface area contributed by atoms with E-state index in [1.165, 1.54) is 0 Å². The highest BCUT2D eigenvalue weighted by atomic mass is 16.2. The number of aromatic amines is 1. The summed E-state index contributed by atoms with van der Waals surface area (Å²) in [5, 5.41) is 8.42. The van der Waals surface area contributed by atoms with E-state index in [4.69, 9.17) is 0 Å². The summed E-state index contributed by atoms with van der Waals surface area (Å²) in [6.45, 7) is 4.31. The SMILES string of the molecule is CC(C)[C@@H](NC(=O)CCNC(=O)Nc1ccccc1)c1nc2ccccc2[nH]1. The Bertz CT molecular complexity index is 903. The Labute approximate surface area is 163 Å². The van der Waals surface area contributed by atoms with Gasteiger partial charge in [-0.25, -0.2) is 9.78 Å². The highest BCUT2D eigenvalue weighted by Gasteiger charge is 2.21. The molecule has 7 heteroatoms. The molecule has 7 nitrogen and oxygen atoms in total. The van der Waals surface area contributed by atoms with Gasteiger partial charge in [0.1, 0.15) is 5.82 Å². The minimum Gasteiger partial charge on any atom is -0.346 e. The van der Waals surface area contributed by atoms with Gasteiger partial charge in [-0.15, -0.1) is 0 Å². The average molecular weight is 379 g/mol. The fourth-order valence-corrected chi connectivity index (χ4v) is 2.90. The third-order valence-electron chi connectivity index (χ3n) is 4.35. The standard InChI is InChI=1S/C21H25N5O2/c1-14(2)19(20-24-16-10-6-7-11-17(16)25-20)26-18(27)12-13-22-21(28)23-15-8-4-3-5-9-15/h3-11,14,19H,12-13H2,1-2H3,(H,24,25)(H,26,27)(H2,22,23,28)/t19-/m1/s1. The zero-order valence-corrected chi connectivity index (χ0v) is 16.0. The zero-order chi connectivity index (χ0) is 19.9. The summed E-state index contributed by atoms with van der Waals surface area (Å²) < 4.78 is 0.